The largest absolute Gasteiger partial charge is 0.504 e. The molecule has 0 aromatic heterocycles. The molecule has 0 aliphatic rings. The molecule has 5 nitrogen and oxygen atoms in total. The zero-order valence-corrected chi connectivity index (χ0v) is 13.7. The lowest BCUT2D eigenvalue weighted by Gasteiger charge is -2.16. The van der Waals surface area contributed by atoms with Crippen LogP contribution in [0.4, 0.5) is 0 Å². The smallest absolute Gasteiger partial charge is 0.250 e. The molecule has 0 spiro atoms. The fourth-order valence-corrected chi connectivity index (χ4v) is 2.00. The Bertz CT molecular complexity index is 510. The van der Waals surface area contributed by atoms with Crippen molar-refractivity contribution in [2.45, 2.75) is 32.4 Å². The van der Waals surface area contributed by atoms with Gasteiger partial charge in [-0.15, -0.1) is 11.8 Å². The van der Waals surface area contributed by atoms with Crippen LogP contribution in [0, 0.1) is 0 Å². The summed E-state index contributed by atoms with van der Waals surface area (Å²) in [4.78, 5) is 11.6. The average molecular weight is 310 g/mol. The number of hydrazone groups is 1. The normalized spacial score (nSPS) is 11.6. The third kappa shape index (κ3) is 7.04. The number of ether oxygens (including phenoxy) is 1. The van der Waals surface area contributed by atoms with Gasteiger partial charge in [-0.3, -0.25) is 4.79 Å². The number of thioether (sulfide) groups is 1. The summed E-state index contributed by atoms with van der Waals surface area (Å²) >= 11 is 1.56. The molecule has 1 aromatic rings. The number of aromatic hydroxyl groups is 1. The highest BCUT2D eigenvalue weighted by atomic mass is 32.2. The minimum absolute atomic E-state index is 0.0460. The van der Waals surface area contributed by atoms with E-state index in [1.165, 1.54) is 12.3 Å². The fraction of sp³-hybridized carbons (Fsp3) is 0.467. The van der Waals surface area contributed by atoms with Crippen LogP contribution in [0.15, 0.2) is 23.3 Å². The van der Waals surface area contributed by atoms with Crippen LogP contribution in [-0.2, 0) is 4.79 Å². The van der Waals surface area contributed by atoms with Crippen molar-refractivity contribution in [2.24, 2.45) is 5.10 Å². The van der Waals surface area contributed by atoms with Crippen molar-refractivity contribution in [1.29, 1.82) is 0 Å². The molecule has 0 fully saturated rings. The Morgan fingerprint density at radius 2 is 2.19 bits per heavy atom. The summed E-state index contributed by atoms with van der Waals surface area (Å²) in [7, 11) is 0. The van der Waals surface area contributed by atoms with E-state index in [1.54, 1.807) is 23.9 Å². The summed E-state index contributed by atoms with van der Waals surface area (Å²) in [5, 5.41) is 13.5. The lowest BCUT2D eigenvalue weighted by atomic mass is 10.2. The van der Waals surface area contributed by atoms with Crippen LogP contribution in [0.3, 0.4) is 0 Å². The summed E-state index contributed by atoms with van der Waals surface area (Å²) in [6.07, 6.45) is 1.52. The zero-order chi connectivity index (χ0) is 15.9. The Morgan fingerprint density at radius 1 is 1.48 bits per heavy atom. The highest BCUT2D eigenvalue weighted by Gasteiger charge is 2.12. The number of hydrogen-bond acceptors (Lipinski definition) is 5. The number of phenols is 1. The van der Waals surface area contributed by atoms with Gasteiger partial charge in [0.2, 0.25) is 5.91 Å². The number of amides is 1. The van der Waals surface area contributed by atoms with E-state index >= 15 is 0 Å². The van der Waals surface area contributed by atoms with Gasteiger partial charge in [0.15, 0.2) is 11.5 Å². The van der Waals surface area contributed by atoms with Gasteiger partial charge in [0.1, 0.15) is 0 Å². The van der Waals surface area contributed by atoms with E-state index in [4.69, 9.17) is 4.74 Å². The maximum atomic E-state index is 11.6. The van der Waals surface area contributed by atoms with Crippen molar-refractivity contribution in [1.82, 2.24) is 5.43 Å². The predicted molar refractivity (Wildman–Crippen MR) is 87.2 cm³/mol. The van der Waals surface area contributed by atoms with Crippen molar-refractivity contribution in [3.63, 3.8) is 0 Å². The molecule has 2 N–H and O–H groups in total. The van der Waals surface area contributed by atoms with Gasteiger partial charge in [-0.2, -0.15) is 5.10 Å². The molecule has 0 unspecified atom stereocenters. The summed E-state index contributed by atoms with van der Waals surface area (Å²) < 4.78 is 5.32. The molecular formula is C15H22N2O3S. The summed E-state index contributed by atoms with van der Waals surface area (Å²) in [5.41, 5.74) is 3.21. The fourth-order valence-electron chi connectivity index (χ4n) is 1.38. The number of nitrogens with zero attached hydrogens (tertiary/aromatic N) is 1. The molecule has 116 valence electrons. The second kappa shape index (κ2) is 7.93. The van der Waals surface area contributed by atoms with Gasteiger partial charge in [0.25, 0.3) is 0 Å². The quantitative estimate of drug-likeness (QED) is 0.626. The van der Waals surface area contributed by atoms with Crippen LogP contribution in [0.2, 0.25) is 0 Å². The number of hydrogen-bond donors (Lipinski definition) is 2. The molecule has 0 aliphatic carbocycles. The minimum Gasteiger partial charge on any atom is -0.504 e. The Kier molecular flexibility index (Phi) is 6.55. The second-order valence-corrected chi connectivity index (χ2v) is 7.16. The highest BCUT2D eigenvalue weighted by molar-refractivity contribution is 8.01. The second-order valence-electron chi connectivity index (χ2n) is 5.35. The van der Waals surface area contributed by atoms with Crippen LogP contribution in [0.1, 0.15) is 33.3 Å². The Morgan fingerprint density at radius 3 is 2.81 bits per heavy atom. The summed E-state index contributed by atoms with van der Waals surface area (Å²) in [6.45, 7) is 8.47. The maximum Gasteiger partial charge on any atom is 0.250 e. The summed E-state index contributed by atoms with van der Waals surface area (Å²) in [6, 6.07) is 4.89. The minimum atomic E-state index is -0.144. The van der Waals surface area contributed by atoms with Gasteiger partial charge in [-0.1, -0.05) is 20.8 Å². The molecule has 0 bridgehead atoms. The van der Waals surface area contributed by atoms with Crippen LogP contribution in [-0.4, -0.2) is 34.3 Å². The van der Waals surface area contributed by atoms with Gasteiger partial charge >= 0.3 is 0 Å². The van der Waals surface area contributed by atoms with Gasteiger partial charge in [0.05, 0.1) is 18.6 Å². The molecule has 1 amide bonds. The van der Waals surface area contributed by atoms with Gasteiger partial charge < -0.3 is 9.84 Å². The first-order chi connectivity index (χ1) is 9.81. The molecule has 0 saturated heterocycles. The highest BCUT2D eigenvalue weighted by Crippen LogP contribution is 2.26. The van der Waals surface area contributed by atoms with Crippen LogP contribution in [0.25, 0.3) is 0 Å². The molecular weight excluding hydrogens is 288 g/mol. The SMILES string of the molecule is CCOc1cc(C=NNC(=O)CSC(C)(C)C)ccc1O. The molecule has 1 rings (SSSR count). The van der Waals surface area contributed by atoms with E-state index < -0.39 is 0 Å². The molecule has 1 aromatic carbocycles. The average Bonchev–Trinajstić information content (AvgIpc) is 2.39. The molecule has 0 aliphatic heterocycles. The predicted octanol–water partition coefficient (Wildman–Crippen LogP) is 2.77. The summed E-state index contributed by atoms with van der Waals surface area (Å²) in [5.74, 6) is 0.700. The molecule has 0 radical (unpaired) electrons. The number of benzene rings is 1. The van der Waals surface area contributed by atoms with Crippen molar-refractivity contribution < 1.29 is 14.6 Å². The van der Waals surface area contributed by atoms with E-state index in [0.717, 1.165) is 5.56 Å². The topological polar surface area (TPSA) is 70.9 Å². The number of rotatable bonds is 6. The van der Waals surface area contributed by atoms with Crippen molar-refractivity contribution >= 4 is 23.9 Å². The number of phenolic OH excluding ortho intramolecular Hbond substituents is 1. The zero-order valence-electron chi connectivity index (χ0n) is 12.8. The van der Waals surface area contributed by atoms with Gasteiger partial charge in [-0.25, -0.2) is 5.43 Å². The first-order valence-corrected chi connectivity index (χ1v) is 7.72. The lowest BCUT2D eigenvalue weighted by molar-refractivity contribution is -0.118. The number of nitrogens with one attached hydrogen (secondary N) is 1. The molecule has 0 atom stereocenters. The first kappa shape index (κ1) is 17.4. The Balaban J connectivity index is 2.53. The Hall–Kier alpha value is -1.69. The molecule has 21 heavy (non-hydrogen) atoms. The van der Waals surface area contributed by atoms with Gasteiger partial charge in [-0.05, 0) is 30.7 Å². The van der Waals surface area contributed by atoms with E-state index in [1.807, 2.05) is 6.92 Å². The third-order valence-corrected chi connectivity index (χ3v) is 3.60. The third-order valence-electron chi connectivity index (χ3n) is 2.32. The maximum absolute atomic E-state index is 11.6. The van der Waals surface area contributed by atoms with Crippen LogP contribution >= 0.6 is 11.8 Å². The van der Waals surface area contributed by atoms with Crippen molar-refractivity contribution in [2.75, 3.05) is 12.4 Å². The standard InChI is InChI=1S/C15H22N2O3S/c1-5-20-13-8-11(6-7-12(13)18)9-16-17-14(19)10-21-15(2,3)4/h6-9,18H,5,10H2,1-4H3,(H,17,19). The molecule has 0 saturated carbocycles. The molecule has 0 heterocycles. The monoisotopic (exact) mass is 310 g/mol. The molecule has 6 heteroatoms. The Labute approximate surface area is 129 Å². The number of carbonyl (C=O) groups excluding carboxylic acids is 1. The van der Waals surface area contributed by atoms with Crippen LogP contribution in [0.5, 0.6) is 11.5 Å². The number of carbonyl (C=O) groups is 1. The van der Waals surface area contributed by atoms with Gasteiger partial charge in [0, 0.05) is 4.75 Å². The van der Waals surface area contributed by atoms with E-state index in [2.05, 4.69) is 31.3 Å². The first-order valence-electron chi connectivity index (χ1n) is 6.73. The van der Waals surface area contributed by atoms with Crippen molar-refractivity contribution in [3.05, 3.63) is 23.8 Å². The van der Waals surface area contributed by atoms with Crippen LogP contribution < -0.4 is 10.2 Å². The van der Waals surface area contributed by atoms with Crippen molar-refractivity contribution in [3.8, 4) is 11.5 Å². The van der Waals surface area contributed by atoms with E-state index in [0.29, 0.717) is 18.1 Å². The van der Waals surface area contributed by atoms with E-state index in [-0.39, 0.29) is 16.4 Å². The van der Waals surface area contributed by atoms with E-state index in [9.17, 15) is 9.90 Å². The lowest BCUT2D eigenvalue weighted by Crippen LogP contribution is -2.22.